The second kappa shape index (κ2) is 5.11. The molecule has 0 unspecified atom stereocenters. The molecule has 0 amide bonds. The summed E-state index contributed by atoms with van der Waals surface area (Å²) in [7, 11) is 0. The summed E-state index contributed by atoms with van der Waals surface area (Å²) in [5.41, 5.74) is 1.57. The lowest BCUT2D eigenvalue weighted by Gasteiger charge is -2.31. The lowest BCUT2D eigenvalue weighted by Crippen LogP contribution is -2.35. The Bertz CT molecular complexity index is 447. The summed E-state index contributed by atoms with van der Waals surface area (Å²) in [5, 5.41) is 0. The number of benzene rings is 1. The van der Waals surface area contributed by atoms with E-state index in [9.17, 15) is 9.18 Å². The van der Waals surface area contributed by atoms with Gasteiger partial charge in [0.2, 0.25) is 6.08 Å². The number of rotatable bonds is 2. The molecular weight excluding hydrogens is 219 g/mol. The first-order chi connectivity index (χ1) is 8.20. The van der Waals surface area contributed by atoms with Crippen molar-refractivity contribution in [1.82, 2.24) is 0 Å². The quantitative estimate of drug-likeness (QED) is 0.581. The van der Waals surface area contributed by atoms with Crippen LogP contribution in [-0.2, 0) is 4.79 Å². The van der Waals surface area contributed by atoms with E-state index in [0.717, 1.165) is 31.5 Å². The standard InChI is InChI=1S/C13H15FN2O/c1-10-2-3-13(12(14)8-10)16-6-4-11(5-7-16)15-9-17/h2-3,8,11H,4-7H2,1H3. The molecule has 0 aromatic heterocycles. The third-order valence-electron chi connectivity index (χ3n) is 3.14. The molecule has 0 bridgehead atoms. The van der Waals surface area contributed by atoms with Crippen molar-refractivity contribution < 1.29 is 9.18 Å². The van der Waals surface area contributed by atoms with E-state index >= 15 is 0 Å². The Morgan fingerprint density at radius 3 is 2.71 bits per heavy atom. The number of carbonyl (C=O) groups excluding carboxylic acids is 1. The van der Waals surface area contributed by atoms with Crippen LogP contribution in [0.3, 0.4) is 0 Å². The highest BCUT2D eigenvalue weighted by molar-refractivity contribution is 5.49. The largest absolute Gasteiger partial charge is 0.369 e. The molecule has 3 nitrogen and oxygen atoms in total. The second-order valence-corrected chi connectivity index (χ2v) is 4.39. The Hall–Kier alpha value is -1.67. The number of aryl methyl sites for hydroxylation is 1. The molecule has 1 aromatic rings. The number of hydrogen-bond donors (Lipinski definition) is 0. The molecule has 1 aliphatic rings. The number of halogens is 1. The number of nitrogens with zero attached hydrogens (tertiary/aromatic N) is 2. The molecule has 0 atom stereocenters. The Morgan fingerprint density at radius 2 is 2.12 bits per heavy atom. The van der Waals surface area contributed by atoms with Crippen molar-refractivity contribution in [2.45, 2.75) is 25.8 Å². The van der Waals surface area contributed by atoms with Crippen LogP contribution >= 0.6 is 0 Å². The maximum absolute atomic E-state index is 13.8. The van der Waals surface area contributed by atoms with Gasteiger partial charge in [-0.15, -0.1) is 0 Å². The summed E-state index contributed by atoms with van der Waals surface area (Å²) < 4.78 is 13.8. The smallest absolute Gasteiger partial charge is 0.235 e. The van der Waals surface area contributed by atoms with Crippen LogP contribution in [0.25, 0.3) is 0 Å². The van der Waals surface area contributed by atoms with Crippen LogP contribution in [0.5, 0.6) is 0 Å². The number of anilines is 1. The van der Waals surface area contributed by atoms with Crippen LogP contribution in [0.1, 0.15) is 18.4 Å². The Labute approximate surface area is 100.0 Å². The lowest BCUT2D eigenvalue weighted by molar-refractivity contribution is 0.487. The average molecular weight is 234 g/mol. The van der Waals surface area contributed by atoms with E-state index < -0.39 is 0 Å². The summed E-state index contributed by atoms with van der Waals surface area (Å²) in [5.74, 6) is -0.178. The Morgan fingerprint density at radius 1 is 1.41 bits per heavy atom. The normalized spacial score (nSPS) is 16.7. The molecule has 2 rings (SSSR count). The lowest BCUT2D eigenvalue weighted by atomic mass is 10.0. The highest BCUT2D eigenvalue weighted by Crippen LogP contribution is 2.24. The van der Waals surface area contributed by atoms with Crippen LogP contribution in [0.2, 0.25) is 0 Å². The molecule has 1 aromatic carbocycles. The zero-order chi connectivity index (χ0) is 12.3. The average Bonchev–Trinajstić information content (AvgIpc) is 2.31. The molecule has 17 heavy (non-hydrogen) atoms. The predicted octanol–water partition coefficient (Wildman–Crippen LogP) is 2.44. The molecule has 1 fully saturated rings. The number of aliphatic imine (C=N–C) groups is 1. The summed E-state index contributed by atoms with van der Waals surface area (Å²) in [6.45, 7) is 3.34. The SMILES string of the molecule is Cc1ccc(N2CCC(N=C=O)CC2)c(F)c1. The highest BCUT2D eigenvalue weighted by Gasteiger charge is 2.20. The Balaban J connectivity index is 2.07. The first-order valence-electron chi connectivity index (χ1n) is 5.79. The van der Waals surface area contributed by atoms with E-state index in [1.165, 1.54) is 0 Å². The van der Waals surface area contributed by atoms with Crippen molar-refractivity contribution in [3.05, 3.63) is 29.6 Å². The number of piperidine rings is 1. The second-order valence-electron chi connectivity index (χ2n) is 4.39. The van der Waals surface area contributed by atoms with Gasteiger partial charge in [0.15, 0.2) is 0 Å². The minimum absolute atomic E-state index is 0.0530. The van der Waals surface area contributed by atoms with Crippen LogP contribution in [0, 0.1) is 12.7 Å². The molecule has 0 N–H and O–H groups in total. The van der Waals surface area contributed by atoms with E-state index in [1.807, 2.05) is 24.0 Å². The monoisotopic (exact) mass is 234 g/mol. The topological polar surface area (TPSA) is 32.7 Å². The van der Waals surface area contributed by atoms with Gasteiger partial charge in [0.25, 0.3) is 0 Å². The minimum atomic E-state index is -0.178. The van der Waals surface area contributed by atoms with Crippen LogP contribution in [0.15, 0.2) is 23.2 Å². The number of isocyanates is 1. The third-order valence-corrected chi connectivity index (χ3v) is 3.14. The fraction of sp³-hybridized carbons (Fsp3) is 0.462. The maximum atomic E-state index is 13.8. The van der Waals surface area contributed by atoms with Gasteiger partial charge in [-0.3, -0.25) is 0 Å². The van der Waals surface area contributed by atoms with Gasteiger partial charge < -0.3 is 4.90 Å². The molecular formula is C13H15FN2O. The molecule has 0 saturated carbocycles. The molecule has 1 heterocycles. The molecule has 1 saturated heterocycles. The van der Waals surface area contributed by atoms with Crippen molar-refractivity contribution in [2.24, 2.45) is 4.99 Å². The molecule has 4 heteroatoms. The molecule has 90 valence electrons. The molecule has 0 spiro atoms. The highest BCUT2D eigenvalue weighted by atomic mass is 19.1. The predicted molar refractivity (Wildman–Crippen MR) is 64.5 cm³/mol. The minimum Gasteiger partial charge on any atom is -0.369 e. The van der Waals surface area contributed by atoms with Gasteiger partial charge in [-0.1, -0.05) is 6.07 Å². The van der Waals surface area contributed by atoms with Crippen LogP contribution < -0.4 is 4.90 Å². The van der Waals surface area contributed by atoms with Gasteiger partial charge in [-0.25, -0.2) is 14.2 Å². The summed E-state index contributed by atoms with van der Waals surface area (Å²) in [4.78, 5) is 15.9. The van der Waals surface area contributed by atoms with E-state index in [4.69, 9.17) is 0 Å². The zero-order valence-electron chi connectivity index (χ0n) is 9.82. The van der Waals surface area contributed by atoms with Crippen LogP contribution in [0.4, 0.5) is 10.1 Å². The molecule has 0 radical (unpaired) electrons. The van der Waals surface area contributed by atoms with Crippen molar-refractivity contribution in [3.63, 3.8) is 0 Å². The maximum Gasteiger partial charge on any atom is 0.235 e. The Kier molecular flexibility index (Phi) is 3.55. The van der Waals surface area contributed by atoms with Gasteiger partial charge in [0.1, 0.15) is 5.82 Å². The van der Waals surface area contributed by atoms with Crippen LogP contribution in [-0.4, -0.2) is 25.2 Å². The van der Waals surface area contributed by atoms with Gasteiger partial charge in [-0.05, 0) is 37.5 Å². The van der Waals surface area contributed by atoms with Crippen molar-refractivity contribution in [1.29, 1.82) is 0 Å². The van der Waals surface area contributed by atoms with Gasteiger partial charge in [0.05, 0.1) is 11.7 Å². The summed E-state index contributed by atoms with van der Waals surface area (Å²) in [6.07, 6.45) is 3.15. The first-order valence-corrected chi connectivity index (χ1v) is 5.79. The summed E-state index contributed by atoms with van der Waals surface area (Å²) >= 11 is 0. The molecule has 1 aliphatic heterocycles. The van der Waals surface area contributed by atoms with E-state index in [2.05, 4.69) is 4.99 Å². The fourth-order valence-corrected chi connectivity index (χ4v) is 2.18. The molecule has 0 aliphatic carbocycles. The van der Waals surface area contributed by atoms with Gasteiger partial charge in [-0.2, -0.15) is 0 Å². The van der Waals surface area contributed by atoms with Crippen molar-refractivity contribution in [2.75, 3.05) is 18.0 Å². The van der Waals surface area contributed by atoms with Crippen molar-refractivity contribution >= 4 is 11.8 Å². The zero-order valence-corrected chi connectivity index (χ0v) is 9.82. The van der Waals surface area contributed by atoms with E-state index in [1.54, 1.807) is 12.1 Å². The van der Waals surface area contributed by atoms with E-state index in [-0.39, 0.29) is 11.9 Å². The number of hydrogen-bond acceptors (Lipinski definition) is 3. The van der Waals surface area contributed by atoms with Gasteiger partial charge in [0, 0.05) is 13.1 Å². The van der Waals surface area contributed by atoms with Crippen molar-refractivity contribution in [3.8, 4) is 0 Å². The van der Waals surface area contributed by atoms with E-state index in [0.29, 0.717) is 5.69 Å². The fourth-order valence-electron chi connectivity index (χ4n) is 2.18. The van der Waals surface area contributed by atoms with Gasteiger partial charge >= 0.3 is 0 Å². The summed E-state index contributed by atoms with van der Waals surface area (Å²) in [6, 6.07) is 5.32. The third kappa shape index (κ3) is 2.71. The first kappa shape index (κ1) is 11.8.